The van der Waals surface area contributed by atoms with E-state index in [1.165, 1.54) is 6.07 Å². The van der Waals surface area contributed by atoms with E-state index in [-0.39, 0.29) is 34.7 Å². The van der Waals surface area contributed by atoms with Crippen LogP contribution in [0.25, 0.3) is 0 Å². The molecule has 0 spiro atoms. The van der Waals surface area contributed by atoms with Gasteiger partial charge in [0.15, 0.2) is 5.82 Å². The lowest BCUT2D eigenvalue weighted by atomic mass is 10.2. The maximum atomic E-state index is 13.6. The van der Waals surface area contributed by atoms with E-state index in [4.69, 9.17) is 28.2 Å². The first-order chi connectivity index (χ1) is 6.97. The summed E-state index contributed by atoms with van der Waals surface area (Å²) in [5.74, 6) is -0.700. The number of hydrogen-bond acceptors (Lipinski definition) is 4. The number of nitrogen functional groups attached to an aromatic ring is 2. The molecular formula is C9H13ClFN3O. The molecule has 1 unspecified atom stereocenters. The Bertz CT molecular complexity index is 373. The van der Waals surface area contributed by atoms with Gasteiger partial charge in [-0.1, -0.05) is 11.6 Å². The first-order valence-corrected chi connectivity index (χ1v) is 4.75. The Balaban J connectivity index is 3.12. The van der Waals surface area contributed by atoms with E-state index in [0.717, 1.165) is 0 Å². The quantitative estimate of drug-likeness (QED) is 0.595. The average molecular weight is 234 g/mol. The monoisotopic (exact) mass is 233 g/mol. The molecule has 1 aromatic rings. The maximum absolute atomic E-state index is 13.6. The van der Waals surface area contributed by atoms with Gasteiger partial charge in [0.1, 0.15) is 5.02 Å². The lowest BCUT2D eigenvalue weighted by Gasteiger charge is -2.16. The third-order valence-corrected chi connectivity index (χ3v) is 2.31. The molecule has 0 bridgehead atoms. The fraction of sp³-hybridized carbons (Fsp3) is 0.333. The van der Waals surface area contributed by atoms with Crippen LogP contribution in [0.4, 0.5) is 21.5 Å². The SMILES string of the molecule is CC(CO)Nc1c(N)cc(N)c(Cl)c1F. The summed E-state index contributed by atoms with van der Waals surface area (Å²) < 4.78 is 13.6. The van der Waals surface area contributed by atoms with Crippen molar-refractivity contribution >= 4 is 28.7 Å². The van der Waals surface area contributed by atoms with Crippen LogP contribution in [0.1, 0.15) is 6.92 Å². The van der Waals surface area contributed by atoms with Crippen molar-refractivity contribution in [1.29, 1.82) is 0 Å². The van der Waals surface area contributed by atoms with Crippen LogP contribution in [-0.2, 0) is 0 Å². The molecule has 0 amide bonds. The number of rotatable bonds is 3. The third-order valence-electron chi connectivity index (χ3n) is 1.93. The van der Waals surface area contributed by atoms with Gasteiger partial charge < -0.3 is 21.9 Å². The number of aliphatic hydroxyl groups excluding tert-OH is 1. The Kier molecular flexibility index (Phi) is 3.60. The van der Waals surface area contributed by atoms with Crippen LogP contribution in [0.15, 0.2) is 6.07 Å². The molecule has 15 heavy (non-hydrogen) atoms. The maximum Gasteiger partial charge on any atom is 0.169 e. The fourth-order valence-electron chi connectivity index (χ4n) is 1.10. The number of nitrogens with one attached hydrogen (secondary N) is 1. The fourth-order valence-corrected chi connectivity index (χ4v) is 1.25. The number of halogens is 2. The van der Waals surface area contributed by atoms with Crippen molar-refractivity contribution in [2.75, 3.05) is 23.4 Å². The van der Waals surface area contributed by atoms with E-state index < -0.39 is 5.82 Å². The highest BCUT2D eigenvalue weighted by Crippen LogP contribution is 2.33. The van der Waals surface area contributed by atoms with Crippen LogP contribution in [0.5, 0.6) is 0 Å². The van der Waals surface area contributed by atoms with E-state index in [1.807, 2.05) is 0 Å². The molecule has 0 radical (unpaired) electrons. The zero-order valence-corrected chi connectivity index (χ0v) is 8.98. The summed E-state index contributed by atoms with van der Waals surface area (Å²) in [5, 5.41) is 11.4. The second-order valence-corrected chi connectivity index (χ2v) is 3.66. The van der Waals surface area contributed by atoms with E-state index in [1.54, 1.807) is 6.92 Å². The minimum Gasteiger partial charge on any atom is -0.397 e. The highest BCUT2D eigenvalue weighted by Gasteiger charge is 2.15. The Hall–Kier alpha value is -1.20. The highest BCUT2D eigenvalue weighted by atomic mass is 35.5. The Labute approximate surface area is 92.0 Å². The molecule has 6 N–H and O–H groups in total. The van der Waals surface area contributed by atoms with Crippen molar-refractivity contribution in [3.05, 3.63) is 16.9 Å². The molecule has 0 heterocycles. The third kappa shape index (κ3) is 2.43. The lowest BCUT2D eigenvalue weighted by Crippen LogP contribution is -2.21. The van der Waals surface area contributed by atoms with E-state index in [2.05, 4.69) is 5.32 Å². The lowest BCUT2D eigenvalue weighted by molar-refractivity contribution is 0.281. The minimum absolute atomic E-state index is 0.0655. The number of aliphatic hydroxyl groups is 1. The van der Waals surface area contributed by atoms with Crippen LogP contribution >= 0.6 is 11.6 Å². The van der Waals surface area contributed by atoms with Gasteiger partial charge in [0.25, 0.3) is 0 Å². The normalized spacial score (nSPS) is 12.5. The summed E-state index contributed by atoms with van der Waals surface area (Å²) in [6, 6.07) is 1.05. The van der Waals surface area contributed by atoms with Crippen LogP contribution in [0.2, 0.25) is 5.02 Å². The largest absolute Gasteiger partial charge is 0.397 e. The molecule has 0 saturated heterocycles. The average Bonchev–Trinajstić information content (AvgIpc) is 2.21. The Morgan fingerprint density at radius 1 is 1.53 bits per heavy atom. The molecular weight excluding hydrogens is 221 g/mol. The van der Waals surface area contributed by atoms with Crippen LogP contribution < -0.4 is 16.8 Å². The van der Waals surface area contributed by atoms with Gasteiger partial charge in [-0.25, -0.2) is 4.39 Å². The molecule has 0 aliphatic heterocycles. The van der Waals surface area contributed by atoms with Gasteiger partial charge in [-0.15, -0.1) is 0 Å². The van der Waals surface area contributed by atoms with Crippen molar-refractivity contribution in [3.8, 4) is 0 Å². The summed E-state index contributed by atoms with van der Waals surface area (Å²) in [6.45, 7) is 1.55. The summed E-state index contributed by atoms with van der Waals surface area (Å²) in [4.78, 5) is 0. The molecule has 0 aliphatic rings. The number of hydrogen-bond donors (Lipinski definition) is 4. The van der Waals surface area contributed by atoms with E-state index in [0.29, 0.717) is 0 Å². The van der Waals surface area contributed by atoms with E-state index >= 15 is 0 Å². The van der Waals surface area contributed by atoms with Crippen LogP contribution in [0, 0.1) is 5.82 Å². The molecule has 84 valence electrons. The standard InChI is InChI=1S/C9H13ClFN3O/c1-4(3-15)14-9-6(13)2-5(12)7(10)8(9)11/h2,4,14-15H,3,12-13H2,1H3. The van der Waals surface area contributed by atoms with Crippen molar-refractivity contribution in [3.63, 3.8) is 0 Å². The van der Waals surface area contributed by atoms with Crippen molar-refractivity contribution < 1.29 is 9.50 Å². The minimum atomic E-state index is -0.700. The molecule has 0 aromatic heterocycles. The molecule has 6 heteroatoms. The predicted molar refractivity (Wildman–Crippen MR) is 60.4 cm³/mol. The summed E-state index contributed by atoms with van der Waals surface area (Å²) in [5.41, 5.74) is 11.3. The van der Waals surface area contributed by atoms with Gasteiger partial charge in [-0.3, -0.25) is 0 Å². The number of nitrogens with two attached hydrogens (primary N) is 2. The molecule has 0 aliphatic carbocycles. The molecule has 0 fully saturated rings. The first kappa shape index (κ1) is 11.9. The molecule has 1 aromatic carbocycles. The summed E-state index contributed by atoms with van der Waals surface area (Å²) >= 11 is 5.62. The van der Waals surface area contributed by atoms with Crippen molar-refractivity contribution in [2.24, 2.45) is 0 Å². The molecule has 0 saturated carbocycles. The van der Waals surface area contributed by atoms with Gasteiger partial charge in [0, 0.05) is 6.04 Å². The number of anilines is 3. The molecule has 1 atom stereocenters. The number of benzene rings is 1. The van der Waals surface area contributed by atoms with Gasteiger partial charge in [-0.05, 0) is 13.0 Å². The first-order valence-electron chi connectivity index (χ1n) is 4.37. The molecule has 1 rings (SSSR count). The second-order valence-electron chi connectivity index (χ2n) is 3.29. The van der Waals surface area contributed by atoms with E-state index in [9.17, 15) is 4.39 Å². The highest BCUT2D eigenvalue weighted by molar-refractivity contribution is 6.33. The second kappa shape index (κ2) is 4.55. The van der Waals surface area contributed by atoms with Crippen molar-refractivity contribution in [2.45, 2.75) is 13.0 Å². The van der Waals surface area contributed by atoms with Crippen molar-refractivity contribution in [1.82, 2.24) is 0 Å². The summed E-state index contributed by atoms with van der Waals surface area (Å²) in [7, 11) is 0. The zero-order valence-electron chi connectivity index (χ0n) is 8.22. The Morgan fingerprint density at radius 2 is 2.13 bits per heavy atom. The van der Waals surface area contributed by atoms with Gasteiger partial charge in [0.05, 0.1) is 23.7 Å². The Morgan fingerprint density at radius 3 is 2.67 bits per heavy atom. The van der Waals surface area contributed by atoms with Crippen LogP contribution in [-0.4, -0.2) is 17.8 Å². The van der Waals surface area contributed by atoms with Gasteiger partial charge >= 0.3 is 0 Å². The smallest absolute Gasteiger partial charge is 0.169 e. The predicted octanol–water partition coefficient (Wildman–Crippen LogP) is 1.44. The summed E-state index contributed by atoms with van der Waals surface area (Å²) in [6.07, 6.45) is 0. The van der Waals surface area contributed by atoms with Gasteiger partial charge in [0.2, 0.25) is 0 Å². The van der Waals surface area contributed by atoms with Crippen LogP contribution in [0.3, 0.4) is 0 Å². The van der Waals surface area contributed by atoms with Gasteiger partial charge in [-0.2, -0.15) is 0 Å². The topological polar surface area (TPSA) is 84.3 Å². The zero-order chi connectivity index (χ0) is 11.6. The molecule has 4 nitrogen and oxygen atoms in total.